The van der Waals surface area contributed by atoms with E-state index < -0.39 is 17.9 Å². The molecule has 5 N–H and O–H groups in total. The summed E-state index contributed by atoms with van der Waals surface area (Å²) in [5.41, 5.74) is 7.11. The number of ketones is 1. The van der Waals surface area contributed by atoms with Crippen LogP contribution in [0.4, 0.5) is 0 Å². The smallest absolute Gasteiger partial charge is 0.326 e. The van der Waals surface area contributed by atoms with Crippen molar-refractivity contribution >= 4 is 46.8 Å². The zero-order valence-electron chi connectivity index (χ0n) is 19.2. The van der Waals surface area contributed by atoms with E-state index in [1.807, 2.05) is 0 Å². The van der Waals surface area contributed by atoms with Crippen molar-refractivity contribution in [2.45, 2.75) is 44.2 Å². The molecule has 36 heavy (non-hydrogen) atoms. The monoisotopic (exact) mass is 529 g/mol. The highest BCUT2D eigenvalue weighted by molar-refractivity contribution is 6.39. The number of carboxylic acids is 1. The molecule has 0 radical (unpaired) electrons. The summed E-state index contributed by atoms with van der Waals surface area (Å²) < 4.78 is 0. The lowest BCUT2D eigenvalue weighted by molar-refractivity contribution is -0.139. The van der Waals surface area contributed by atoms with Crippen molar-refractivity contribution in [3.05, 3.63) is 69.2 Å². The number of nitrogens with two attached hydrogens (primary N) is 1. The summed E-state index contributed by atoms with van der Waals surface area (Å²) in [6.45, 7) is 0. The van der Waals surface area contributed by atoms with Gasteiger partial charge in [0.2, 0.25) is 5.96 Å². The van der Waals surface area contributed by atoms with E-state index in [1.165, 1.54) is 12.1 Å². The zero-order chi connectivity index (χ0) is 26.2. The largest absolute Gasteiger partial charge is 0.480 e. The van der Waals surface area contributed by atoms with E-state index in [1.54, 1.807) is 36.5 Å². The number of carbonyl (C=O) groups excluding carboxylic acids is 2. The number of rotatable bonds is 9. The first-order valence-corrected chi connectivity index (χ1v) is 12.0. The summed E-state index contributed by atoms with van der Waals surface area (Å²) in [5.74, 6) is -1.85. The molecule has 188 valence electrons. The highest BCUT2D eigenvalue weighted by Crippen LogP contribution is 2.29. The van der Waals surface area contributed by atoms with E-state index in [9.17, 15) is 19.5 Å². The minimum absolute atomic E-state index is 0.0183. The van der Waals surface area contributed by atoms with E-state index in [2.05, 4.69) is 15.6 Å². The number of amides is 1. The number of carboxylic acid groups (broad SMARTS) is 1. The van der Waals surface area contributed by atoms with Crippen LogP contribution in [0.1, 0.15) is 40.7 Å². The predicted octanol–water partition coefficient (Wildman–Crippen LogP) is 3.08. The maximum Gasteiger partial charge on any atom is 0.326 e. The summed E-state index contributed by atoms with van der Waals surface area (Å²) in [4.78, 5) is 41.3. The Balaban J connectivity index is 1.58. The molecule has 0 unspecified atom stereocenters. The number of nitrogens with one attached hydrogen (secondary N) is 2. The van der Waals surface area contributed by atoms with Gasteiger partial charge in [0.25, 0.3) is 5.91 Å². The van der Waals surface area contributed by atoms with Gasteiger partial charge in [-0.1, -0.05) is 53.5 Å². The fourth-order valence-electron chi connectivity index (χ4n) is 4.17. The molecule has 11 heteroatoms. The van der Waals surface area contributed by atoms with Crippen LogP contribution < -0.4 is 16.4 Å². The molecule has 0 heterocycles. The molecule has 2 aromatic rings. The van der Waals surface area contributed by atoms with Gasteiger partial charge in [-0.15, -0.1) is 0 Å². The molecule has 0 spiro atoms. The van der Waals surface area contributed by atoms with E-state index in [-0.39, 0.29) is 52.2 Å². The van der Waals surface area contributed by atoms with E-state index in [0.717, 1.165) is 12.0 Å². The van der Waals surface area contributed by atoms with E-state index in [0.29, 0.717) is 18.4 Å². The Labute approximate surface area is 218 Å². The van der Waals surface area contributed by atoms with Gasteiger partial charge >= 0.3 is 5.97 Å². The van der Waals surface area contributed by atoms with Gasteiger partial charge < -0.3 is 16.2 Å². The van der Waals surface area contributed by atoms with E-state index >= 15 is 0 Å². The third kappa shape index (κ3) is 7.20. The van der Waals surface area contributed by atoms with Gasteiger partial charge in [-0.05, 0) is 42.5 Å². The molecule has 1 fully saturated rings. The third-order valence-electron chi connectivity index (χ3n) is 6.00. The fourth-order valence-corrected chi connectivity index (χ4v) is 4.74. The van der Waals surface area contributed by atoms with Crippen LogP contribution in [0.25, 0.3) is 0 Å². The first-order chi connectivity index (χ1) is 17.2. The van der Waals surface area contributed by atoms with Crippen LogP contribution >= 0.6 is 23.2 Å². The first-order valence-electron chi connectivity index (χ1n) is 11.2. The Bertz CT molecular complexity index is 1190. The maximum atomic E-state index is 12.7. The van der Waals surface area contributed by atoms with Gasteiger partial charge in [0.15, 0.2) is 6.19 Å². The molecule has 1 saturated carbocycles. The highest BCUT2D eigenvalue weighted by atomic mass is 35.5. The number of hydrogen-bond donors (Lipinski definition) is 4. The maximum absolute atomic E-state index is 12.7. The summed E-state index contributed by atoms with van der Waals surface area (Å²) in [7, 11) is 0. The molecule has 9 nitrogen and oxygen atoms in total. The molecule has 1 aliphatic carbocycles. The average molecular weight is 530 g/mol. The van der Waals surface area contributed by atoms with Crippen LogP contribution in [-0.4, -0.2) is 40.8 Å². The zero-order valence-corrected chi connectivity index (χ0v) is 20.7. The van der Waals surface area contributed by atoms with Crippen LogP contribution in [0.2, 0.25) is 10.0 Å². The number of nitrogens with zero attached hydrogens (tertiary/aromatic N) is 2. The lowest BCUT2D eigenvalue weighted by Gasteiger charge is -2.16. The highest BCUT2D eigenvalue weighted by Gasteiger charge is 2.30. The van der Waals surface area contributed by atoms with Crippen molar-refractivity contribution in [3.8, 4) is 6.19 Å². The Morgan fingerprint density at radius 2 is 1.75 bits per heavy atom. The molecule has 1 amide bonds. The second-order valence-corrected chi connectivity index (χ2v) is 9.35. The second-order valence-electron chi connectivity index (χ2n) is 8.54. The lowest BCUT2D eigenvalue weighted by Crippen LogP contribution is -2.42. The van der Waals surface area contributed by atoms with Crippen molar-refractivity contribution in [2.24, 2.45) is 16.6 Å². The van der Waals surface area contributed by atoms with Gasteiger partial charge in [0, 0.05) is 18.8 Å². The van der Waals surface area contributed by atoms with Crippen molar-refractivity contribution in [2.75, 3.05) is 0 Å². The van der Waals surface area contributed by atoms with Crippen LogP contribution in [-0.2, 0) is 22.4 Å². The van der Waals surface area contributed by atoms with Crippen molar-refractivity contribution in [1.29, 1.82) is 5.26 Å². The number of aliphatic carboxylic acids is 1. The number of carbonyl (C=O) groups is 3. The first kappa shape index (κ1) is 27.0. The van der Waals surface area contributed by atoms with Crippen molar-refractivity contribution < 1.29 is 19.5 Å². The lowest BCUT2D eigenvalue weighted by atomic mass is 9.95. The van der Waals surface area contributed by atoms with Crippen LogP contribution in [0.3, 0.4) is 0 Å². The second kappa shape index (κ2) is 12.4. The van der Waals surface area contributed by atoms with E-state index in [4.69, 9.17) is 34.2 Å². The van der Waals surface area contributed by atoms with Crippen LogP contribution in [0, 0.1) is 17.4 Å². The summed E-state index contributed by atoms with van der Waals surface area (Å²) in [6, 6.07) is 10.3. The molecule has 3 atom stereocenters. The van der Waals surface area contributed by atoms with Crippen molar-refractivity contribution in [1.82, 2.24) is 10.6 Å². The van der Waals surface area contributed by atoms with Crippen molar-refractivity contribution in [3.63, 3.8) is 0 Å². The van der Waals surface area contributed by atoms with Crippen LogP contribution in [0.5, 0.6) is 0 Å². The van der Waals surface area contributed by atoms with Gasteiger partial charge in [-0.2, -0.15) is 5.26 Å². The molecule has 0 aromatic heterocycles. The Kier molecular flexibility index (Phi) is 9.28. The molecular weight excluding hydrogens is 505 g/mol. The Hall–Kier alpha value is -3.61. The average Bonchev–Trinajstić information content (AvgIpc) is 3.28. The summed E-state index contributed by atoms with van der Waals surface area (Å²) in [6.07, 6.45) is 4.02. The predicted molar refractivity (Wildman–Crippen MR) is 136 cm³/mol. The molecule has 3 rings (SSSR count). The quantitative estimate of drug-likeness (QED) is 0.168. The molecule has 0 aliphatic heterocycles. The number of nitriles is 1. The number of aliphatic imine (C=N–C) groups is 1. The molecule has 1 aliphatic rings. The van der Waals surface area contributed by atoms with Gasteiger partial charge in [-0.25, -0.2) is 9.79 Å². The SMILES string of the molecule is N#CNC(N)=N[C@@H]1CC[C@@H](C(=O)Cc2ccc(C[C@H](NC(=O)c3c(Cl)cccc3Cl)C(=O)O)cc2)C1. The number of halogens is 2. The minimum Gasteiger partial charge on any atom is -0.480 e. The molecular formula is C25H25Cl2N5O4. The molecule has 0 bridgehead atoms. The summed E-state index contributed by atoms with van der Waals surface area (Å²) in [5, 5.41) is 23.2. The Morgan fingerprint density at radius 1 is 1.11 bits per heavy atom. The molecule has 2 aromatic carbocycles. The molecule has 0 saturated heterocycles. The van der Waals surface area contributed by atoms with Crippen LogP contribution in [0.15, 0.2) is 47.5 Å². The minimum atomic E-state index is -1.20. The van der Waals surface area contributed by atoms with Gasteiger partial charge in [-0.3, -0.25) is 14.9 Å². The topological polar surface area (TPSA) is 158 Å². The number of Topliss-reactive ketones (excluding diaryl/α,β-unsaturated/α-hetero) is 1. The number of hydrogen-bond acceptors (Lipinski definition) is 5. The van der Waals surface area contributed by atoms with Gasteiger partial charge in [0.1, 0.15) is 11.8 Å². The Morgan fingerprint density at radius 3 is 2.36 bits per heavy atom. The normalized spacial score (nSPS) is 18.2. The standard InChI is InChI=1S/C25H25Cl2N5O4/c26-18-2-1-3-19(27)22(18)23(34)32-20(24(35)36)10-14-4-6-15(7-5-14)11-21(33)16-8-9-17(12-16)31-25(29)30-13-28/h1-7,16-17,20H,8-12H2,(H,32,34)(H,35,36)(H3,29,30,31)/t16-,17-,20+/m1/s1. The van der Waals surface area contributed by atoms with Gasteiger partial charge in [0.05, 0.1) is 21.7 Å². The number of guanidine groups is 1. The number of benzene rings is 2. The third-order valence-corrected chi connectivity index (χ3v) is 6.63. The summed E-state index contributed by atoms with van der Waals surface area (Å²) >= 11 is 12.1. The fraction of sp³-hybridized carbons (Fsp3) is 0.320.